The monoisotopic (exact) mass is 336 g/mol. The molecule has 0 amide bonds. The van der Waals surface area contributed by atoms with Gasteiger partial charge in [0.15, 0.2) is 0 Å². The first-order valence-corrected chi connectivity index (χ1v) is 10.8. The molecule has 0 aromatic rings. The topological polar surface area (TPSA) is 20.2 Å². The Morgan fingerprint density at radius 1 is 0.500 bits per heavy atom. The van der Waals surface area contributed by atoms with Crippen LogP contribution >= 0.6 is 0 Å². The van der Waals surface area contributed by atoms with Crippen molar-refractivity contribution in [1.29, 1.82) is 0 Å². The molecule has 0 heterocycles. The van der Waals surface area contributed by atoms with E-state index in [-0.39, 0.29) is 0 Å². The Morgan fingerprint density at radius 2 is 0.875 bits per heavy atom. The van der Waals surface area contributed by atoms with Gasteiger partial charge in [-0.15, -0.1) is 0 Å². The first-order chi connectivity index (χ1) is 11.9. The summed E-state index contributed by atoms with van der Waals surface area (Å²) in [5, 5.41) is 8.70. The van der Waals surface area contributed by atoms with Crippen LogP contribution in [0.5, 0.6) is 0 Å². The Hall–Kier alpha value is -0.560. The second-order valence-corrected chi connectivity index (χ2v) is 7.11. The average molecular weight is 337 g/mol. The summed E-state index contributed by atoms with van der Waals surface area (Å²) in [5.41, 5.74) is 0. The third-order valence-corrected chi connectivity index (χ3v) is 4.64. The molecular formula is C23H44O. The predicted molar refractivity (Wildman–Crippen MR) is 110 cm³/mol. The van der Waals surface area contributed by atoms with Gasteiger partial charge in [0.25, 0.3) is 0 Å². The number of rotatable bonds is 19. The molecule has 0 aliphatic rings. The summed E-state index contributed by atoms with van der Waals surface area (Å²) < 4.78 is 0. The lowest BCUT2D eigenvalue weighted by Gasteiger charge is -1.99. The van der Waals surface area contributed by atoms with Crippen molar-refractivity contribution in [3.05, 3.63) is 24.3 Å². The van der Waals surface area contributed by atoms with Crippen LogP contribution in [0.1, 0.15) is 116 Å². The third kappa shape index (κ3) is 21.4. The predicted octanol–water partition coefficient (Wildman–Crippen LogP) is 7.74. The molecule has 24 heavy (non-hydrogen) atoms. The van der Waals surface area contributed by atoms with Crippen LogP contribution in [0.25, 0.3) is 0 Å². The quantitative estimate of drug-likeness (QED) is 0.189. The zero-order valence-corrected chi connectivity index (χ0v) is 16.5. The largest absolute Gasteiger partial charge is 0.396 e. The Morgan fingerprint density at radius 3 is 1.29 bits per heavy atom. The van der Waals surface area contributed by atoms with E-state index in [0.29, 0.717) is 6.61 Å². The van der Waals surface area contributed by atoms with Gasteiger partial charge in [-0.05, 0) is 32.1 Å². The smallest absolute Gasteiger partial charge is 0.0431 e. The molecule has 0 radical (unpaired) electrons. The molecule has 1 nitrogen and oxygen atoms in total. The molecular weight excluding hydrogens is 292 g/mol. The van der Waals surface area contributed by atoms with Crippen LogP contribution in [-0.4, -0.2) is 11.7 Å². The lowest BCUT2D eigenvalue weighted by atomic mass is 10.1. The number of hydrogen-bond donors (Lipinski definition) is 1. The van der Waals surface area contributed by atoms with Gasteiger partial charge in [0.05, 0.1) is 0 Å². The van der Waals surface area contributed by atoms with Gasteiger partial charge in [-0.2, -0.15) is 0 Å². The van der Waals surface area contributed by atoms with Crippen LogP contribution in [0.3, 0.4) is 0 Å². The van der Waals surface area contributed by atoms with E-state index in [9.17, 15) is 0 Å². The van der Waals surface area contributed by atoms with Crippen LogP contribution < -0.4 is 0 Å². The van der Waals surface area contributed by atoms with Crippen molar-refractivity contribution in [3.8, 4) is 0 Å². The molecule has 1 heteroatoms. The Balaban J connectivity index is 3.15. The molecule has 1 N–H and O–H groups in total. The molecule has 142 valence electrons. The van der Waals surface area contributed by atoms with Crippen LogP contribution in [0.2, 0.25) is 0 Å². The van der Waals surface area contributed by atoms with Crippen molar-refractivity contribution < 1.29 is 5.11 Å². The fraction of sp³-hybridized carbons (Fsp3) is 0.826. The minimum Gasteiger partial charge on any atom is -0.396 e. The van der Waals surface area contributed by atoms with E-state index in [2.05, 4.69) is 31.2 Å². The number of hydrogen-bond acceptors (Lipinski definition) is 1. The zero-order valence-electron chi connectivity index (χ0n) is 16.5. The first-order valence-electron chi connectivity index (χ1n) is 10.8. The van der Waals surface area contributed by atoms with Crippen LogP contribution in [-0.2, 0) is 0 Å². The molecule has 0 aromatic heterocycles. The molecule has 0 aliphatic heterocycles. The van der Waals surface area contributed by atoms with E-state index < -0.39 is 0 Å². The van der Waals surface area contributed by atoms with E-state index in [1.54, 1.807) is 0 Å². The van der Waals surface area contributed by atoms with Gasteiger partial charge in [-0.25, -0.2) is 0 Å². The van der Waals surface area contributed by atoms with E-state index in [1.807, 2.05) is 0 Å². The normalized spacial score (nSPS) is 11.9. The Labute approximate surface area is 152 Å². The maximum absolute atomic E-state index is 8.70. The molecule has 0 saturated carbocycles. The van der Waals surface area contributed by atoms with Gasteiger partial charge in [-0.3, -0.25) is 0 Å². The van der Waals surface area contributed by atoms with Crippen LogP contribution in [0, 0.1) is 0 Å². The van der Waals surface area contributed by atoms with Crippen LogP contribution in [0.15, 0.2) is 24.3 Å². The van der Waals surface area contributed by atoms with Crippen molar-refractivity contribution in [2.45, 2.75) is 116 Å². The lowest BCUT2D eigenvalue weighted by molar-refractivity contribution is 0.282. The highest BCUT2D eigenvalue weighted by Gasteiger charge is 1.91. The van der Waals surface area contributed by atoms with Gasteiger partial charge < -0.3 is 5.11 Å². The second kappa shape index (κ2) is 22.4. The van der Waals surface area contributed by atoms with Crippen LogP contribution in [0.4, 0.5) is 0 Å². The summed E-state index contributed by atoms with van der Waals surface area (Å²) in [5.74, 6) is 0. The van der Waals surface area contributed by atoms with Crippen molar-refractivity contribution in [2.75, 3.05) is 6.61 Å². The Kier molecular flexibility index (Phi) is 21.9. The van der Waals surface area contributed by atoms with E-state index >= 15 is 0 Å². The molecule has 0 unspecified atom stereocenters. The van der Waals surface area contributed by atoms with Crippen molar-refractivity contribution in [2.24, 2.45) is 0 Å². The number of unbranched alkanes of at least 4 members (excludes halogenated alkanes) is 15. The highest BCUT2D eigenvalue weighted by atomic mass is 16.2. The van der Waals surface area contributed by atoms with E-state index in [0.717, 1.165) is 6.42 Å². The standard InChI is InChI=1S/C23H44O/c1-2-3-4-5-6-7-8-9-10-11-12-13-14-15-16-17-18-19-20-21-22-23-24/h11-14,24H,2-10,15-23H2,1H3/b12-11+,14-13+. The third-order valence-electron chi connectivity index (χ3n) is 4.64. The summed E-state index contributed by atoms with van der Waals surface area (Å²) in [7, 11) is 0. The second-order valence-electron chi connectivity index (χ2n) is 7.11. The highest BCUT2D eigenvalue weighted by Crippen LogP contribution is 2.10. The molecule has 0 bridgehead atoms. The molecule has 0 aliphatic carbocycles. The first kappa shape index (κ1) is 23.4. The van der Waals surface area contributed by atoms with Crippen molar-refractivity contribution >= 4 is 0 Å². The van der Waals surface area contributed by atoms with Gasteiger partial charge in [0.1, 0.15) is 0 Å². The Bertz CT molecular complexity index is 239. The van der Waals surface area contributed by atoms with Crippen molar-refractivity contribution in [3.63, 3.8) is 0 Å². The summed E-state index contributed by atoms with van der Waals surface area (Å²) in [6.45, 7) is 2.64. The molecule has 0 atom stereocenters. The maximum atomic E-state index is 8.70. The summed E-state index contributed by atoms with van der Waals surface area (Å²) >= 11 is 0. The fourth-order valence-corrected chi connectivity index (χ4v) is 3.00. The summed E-state index contributed by atoms with van der Waals surface area (Å²) in [4.78, 5) is 0. The van der Waals surface area contributed by atoms with Gasteiger partial charge in [0.2, 0.25) is 0 Å². The van der Waals surface area contributed by atoms with Gasteiger partial charge in [0, 0.05) is 6.61 Å². The zero-order chi connectivity index (χ0) is 17.6. The van der Waals surface area contributed by atoms with E-state index in [4.69, 9.17) is 5.11 Å². The number of allylic oxidation sites excluding steroid dienone is 4. The SMILES string of the molecule is CCCCCCCCCC/C=C/C=C/CCCCCCCCCO. The number of aliphatic hydroxyl groups is 1. The summed E-state index contributed by atoms with van der Waals surface area (Å²) in [6.07, 6.45) is 31.7. The van der Waals surface area contributed by atoms with E-state index in [1.165, 1.54) is 103 Å². The molecule has 0 rings (SSSR count). The lowest BCUT2D eigenvalue weighted by Crippen LogP contribution is -1.83. The molecule has 0 saturated heterocycles. The molecule has 0 fully saturated rings. The molecule has 0 aromatic carbocycles. The fourth-order valence-electron chi connectivity index (χ4n) is 3.00. The maximum Gasteiger partial charge on any atom is 0.0431 e. The highest BCUT2D eigenvalue weighted by molar-refractivity contribution is 5.02. The van der Waals surface area contributed by atoms with Gasteiger partial charge in [-0.1, -0.05) is 108 Å². The van der Waals surface area contributed by atoms with Gasteiger partial charge >= 0.3 is 0 Å². The van der Waals surface area contributed by atoms with Crippen molar-refractivity contribution in [1.82, 2.24) is 0 Å². The number of aliphatic hydroxyl groups excluding tert-OH is 1. The minimum absolute atomic E-state index is 0.358. The minimum atomic E-state index is 0.358. The summed E-state index contributed by atoms with van der Waals surface area (Å²) in [6, 6.07) is 0. The molecule has 0 spiro atoms. The average Bonchev–Trinajstić information content (AvgIpc) is 2.60.